The van der Waals surface area contributed by atoms with E-state index >= 15 is 0 Å². The summed E-state index contributed by atoms with van der Waals surface area (Å²) in [5.41, 5.74) is -1.34. The smallest absolute Gasteiger partial charge is 0.344 e. The third kappa shape index (κ3) is 1.05. The molecular formula is C6H3O4-. The summed E-state index contributed by atoms with van der Waals surface area (Å²) in [7, 11) is 0. The van der Waals surface area contributed by atoms with Crippen molar-refractivity contribution in [3.05, 3.63) is 34.4 Å². The van der Waals surface area contributed by atoms with Gasteiger partial charge in [0, 0.05) is 0 Å². The largest absolute Gasteiger partial charge is 0.545 e. The van der Waals surface area contributed by atoms with Gasteiger partial charge in [-0.05, 0) is 12.1 Å². The Bertz CT molecular complexity index is 299. The van der Waals surface area contributed by atoms with Crippen LogP contribution in [0, 0.1) is 0 Å². The fourth-order valence-electron chi connectivity index (χ4n) is 0.519. The maximum Gasteiger partial charge on any atom is 0.344 e. The van der Waals surface area contributed by atoms with Gasteiger partial charge in [-0.1, -0.05) is 0 Å². The zero-order chi connectivity index (χ0) is 7.56. The molecule has 0 aliphatic carbocycles. The molecule has 0 fully saturated rings. The first kappa shape index (κ1) is 6.54. The van der Waals surface area contributed by atoms with Crippen LogP contribution in [0.2, 0.25) is 0 Å². The predicted octanol–water partition coefficient (Wildman–Crippen LogP) is -0.997. The SMILES string of the molecule is O=C([O-])c1cccoc1=O. The highest BCUT2D eigenvalue weighted by atomic mass is 16.4. The molecule has 4 nitrogen and oxygen atoms in total. The second-order valence-electron chi connectivity index (χ2n) is 1.60. The minimum absolute atomic E-state index is 0.456. The van der Waals surface area contributed by atoms with Crippen molar-refractivity contribution in [3.8, 4) is 0 Å². The second kappa shape index (κ2) is 2.34. The Hall–Kier alpha value is -1.58. The van der Waals surface area contributed by atoms with Gasteiger partial charge < -0.3 is 14.3 Å². The van der Waals surface area contributed by atoms with Crippen molar-refractivity contribution in [1.82, 2.24) is 0 Å². The Morgan fingerprint density at radius 2 is 2.30 bits per heavy atom. The lowest BCUT2D eigenvalue weighted by Crippen LogP contribution is -2.27. The number of carboxylic acid groups (broad SMARTS) is 1. The molecule has 1 heterocycles. The van der Waals surface area contributed by atoms with Crippen molar-refractivity contribution >= 4 is 5.97 Å². The molecule has 1 aromatic rings. The zero-order valence-corrected chi connectivity index (χ0v) is 4.87. The predicted molar refractivity (Wildman–Crippen MR) is 29.3 cm³/mol. The van der Waals surface area contributed by atoms with E-state index in [9.17, 15) is 14.7 Å². The van der Waals surface area contributed by atoms with Crippen LogP contribution in [0.15, 0.2) is 27.6 Å². The number of carboxylic acids is 1. The molecule has 0 saturated carbocycles. The van der Waals surface area contributed by atoms with E-state index in [1.165, 1.54) is 6.07 Å². The van der Waals surface area contributed by atoms with Crippen LogP contribution >= 0.6 is 0 Å². The average Bonchev–Trinajstić information content (AvgIpc) is 1.88. The maximum atomic E-state index is 10.5. The molecule has 0 spiro atoms. The van der Waals surface area contributed by atoms with Crippen molar-refractivity contribution in [3.63, 3.8) is 0 Å². The van der Waals surface area contributed by atoms with Crippen molar-refractivity contribution in [2.75, 3.05) is 0 Å². The third-order valence-electron chi connectivity index (χ3n) is 0.956. The molecule has 10 heavy (non-hydrogen) atoms. The van der Waals surface area contributed by atoms with Crippen LogP contribution in [0.1, 0.15) is 10.4 Å². The Labute approximate surface area is 55.7 Å². The maximum absolute atomic E-state index is 10.5. The van der Waals surface area contributed by atoms with E-state index in [-0.39, 0.29) is 0 Å². The lowest BCUT2D eigenvalue weighted by Gasteiger charge is -1.95. The van der Waals surface area contributed by atoms with Gasteiger partial charge in [-0.2, -0.15) is 0 Å². The number of aromatic carboxylic acids is 1. The van der Waals surface area contributed by atoms with Crippen LogP contribution in [-0.4, -0.2) is 5.97 Å². The first-order valence-corrected chi connectivity index (χ1v) is 2.51. The number of carbonyl (C=O) groups is 1. The monoisotopic (exact) mass is 139 g/mol. The lowest BCUT2D eigenvalue weighted by molar-refractivity contribution is -0.255. The quantitative estimate of drug-likeness (QED) is 0.500. The fraction of sp³-hybridized carbons (Fsp3) is 0. The summed E-state index contributed by atoms with van der Waals surface area (Å²) in [6, 6.07) is 2.44. The number of hydrogen-bond acceptors (Lipinski definition) is 4. The molecule has 0 atom stereocenters. The minimum atomic E-state index is -1.52. The van der Waals surface area contributed by atoms with Gasteiger partial charge in [0.25, 0.3) is 0 Å². The standard InChI is InChI=1S/C6H4O4/c7-5(8)4-2-1-3-10-6(4)9/h1-3H,(H,7,8)/p-1. The summed E-state index contributed by atoms with van der Waals surface area (Å²) in [4.78, 5) is 20.5. The number of hydrogen-bond donors (Lipinski definition) is 0. The fourth-order valence-corrected chi connectivity index (χ4v) is 0.519. The Morgan fingerprint density at radius 3 is 2.70 bits per heavy atom. The molecule has 0 radical (unpaired) electrons. The summed E-state index contributed by atoms with van der Waals surface area (Å²) in [5, 5.41) is 10.1. The van der Waals surface area contributed by atoms with Crippen LogP contribution in [0.25, 0.3) is 0 Å². The topological polar surface area (TPSA) is 70.3 Å². The first-order chi connectivity index (χ1) is 4.72. The Balaban J connectivity index is 3.29. The zero-order valence-electron chi connectivity index (χ0n) is 4.87. The highest BCUT2D eigenvalue weighted by Gasteiger charge is 1.97. The second-order valence-corrected chi connectivity index (χ2v) is 1.60. The summed E-state index contributed by atoms with van der Waals surface area (Å²) in [6.07, 6.45) is 1.11. The summed E-state index contributed by atoms with van der Waals surface area (Å²) < 4.78 is 4.24. The molecule has 0 bridgehead atoms. The summed E-state index contributed by atoms with van der Waals surface area (Å²) in [5.74, 6) is -1.52. The van der Waals surface area contributed by atoms with E-state index in [2.05, 4.69) is 4.42 Å². The van der Waals surface area contributed by atoms with Crippen LogP contribution in [-0.2, 0) is 0 Å². The molecule has 52 valence electrons. The number of carbonyl (C=O) groups excluding carboxylic acids is 1. The average molecular weight is 139 g/mol. The van der Waals surface area contributed by atoms with Crippen molar-refractivity contribution in [2.24, 2.45) is 0 Å². The van der Waals surface area contributed by atoms with Gasteiger partial charge in [0.2, 0.25) is 0 Å². The van der Waals surface area contributed by atoms with Gasteiger partial charge in [0.15, 0.2) is 0 Å². The van der Waals surface area contributed by atoms with Gasteiger partial charge in [0.05, 0.1) is 17.8 Å². The number of rotatable bonds is 1. The summed E-state index contributed by atoms with van der Waals surface area (Å²) >= 11 is 0. The van der Waals surface area contributed by atoms with Crippen LogP contribution < -0.4 is 10.7 Å². The van der Waals surface area contributed by atoms with E-state index in [0.717, 1.165) is 12.3 Å². The molecule has 4 heteroatoms. The molecule has 1 aromatic heterocycles. The van der Waals surface area contributed by atoms with E-state index < -0.39 is 17.2 Å². The van der Waals surface area contributed by atoms with E-state index in [1.54, 1.807) is 0 Å². The molecule has 0 aromatic carbocycles. The Morgan fingerprint density at radius 1 is 1.60 bits per heavy atom. The van der Waals surface area contributed by atoms with Crippen molar-refractivity contribution in [1.29, 1.82) is 0 Å². The normalized spacial score (nSPS) is 9.20. The van der Waals surface area contributed by atoms with Crippen LogP contribution in [0.3, 0.4) is 0 Å². The molecule has 0 N–H and O–H groups in total. The Kier molecular flexibility index (Phi) is 1.53. The molecule has 0 aliphatic heterocycles. The molecule has 0 amide bonds. The molecule has 0 aliphatic rings. The highest BCUT2D eigenvalue weighted by Crippen LogP contribution is 1.86. The molecule has 0 saturated heterocycles. The molecule has 1 rings (SSSR count). The molecular weight excluding hydrogens is 136 g/mol. The summed E-state index contributed by atoms with van der Waals surface area (Å²) in [6.45, 7) is 0. The van der Waals surface area contributed by atoms with Gasteiger partial charge in [-0.15, -0.1) is 0 Å². The van der Waals surface area contributed by atoms with E-state index in [1.807, 2.05) is 0 Å². The minimum Gasteiger partial charge on any atom is -0.545 e. The van der Waals surface area contributed by atoms with Crippen molar-refractivity contribution in [2.45, 2.75) is 0 Å². The van der Waals surface area contributed by atoms with Crippen LogP contribution in [0.5, 0.6) is 0 Å². The van der Waals surface area contributed by atoms with E-state index in [4.69, 9.17) is 0 Å². The van der Waals surface area contributed by atoms with Crippen molar-refractivity contribution < 1.29 is 14.3 Å². The van der Waals surface area contributed by atoms with Gasteiger partial charge >= 0.3 is 5.63 Å². The van der Waals surface area contributed by atoms with Gasteiger partial charge in [-0.3, -0.25) is 0 Å². The molecule has 0 unspecified atom stereocenters. The third-order valence-corrected chi connectivity index (χ3v) is 0.956. The van der Waals surface area contributed by atoms with Gasteiger partial charge in [0.1, 0.15) is 0 Å². The van der Waals surface area contributed by atoms with E-state index in [0.29, 0.717) is 0 Å². The van der Waals surface area contributed by atoms with Gasteiger partial charge in [-0.25, -0.2) is 4.79 Å². The lowest BCUT2D eigenvalue weighted by atomic mass is 10.3. The first-order valence-electron chi connectivity index (χ1n) is 2.51. The highest BCUT2D eigenvalue weighted by molar-refractivity contribution is 5.84. The van der Waals surface area contributed by atoms with Crippen LogP contribution in [0.4, 0.5) is 0 Å².